The molecule has 0 saturated heterocycles. The zero-order valence-corrected chi connectivity index (χ0v) is 19.0. The van der Waals surface area contributed by atoms with Crippen LogP contribution < -0.4 is 4.90 Å². The van der Waals surface area contributed by atoms with Gasteiger partial charge in [-0.2, -0.15) is 0 Å². The van der Waals surface area contributed by atoms with E-state index in [9.17, 15) is 14.7 Å². The Kier molecular flexibility index (Phi) is 7.23. The van der Waals surface area contributed by atoms with E-state index < -0.39 is 12.2 Å². The second-order valence-corrected chi connectivity index (χ2v) is 9.12. The van der Waals surface area contributed by atoms with Crippen molar-refractivity contribution in [3.63, 3.8) is 0 Å². The quantitative estimate of drug-likeness (QED) is 0.767. The van der Waals surface area contributed by atoms with Crippen molar-refractivity contribution in [3.05, 3.63) is 64.2 Å². The summed E-state index contributed by atoms with van der Waals surface area (Å²) in [5.74, 6) is -0.385. The second-order valence-electron chi connectivity index (χ2n) is 8.69. The third-order valence-corrected chi connectivity index (χ3v) is 5.36. The highest BCUT2D eigenvalue weighted by Gasteiger charge is 2.25. The molecule has 0 spiro atoms. The van der Waals surface area contributed by atoms with E-state index in [2.05, 4.69) is 0 Å². The number of amides is 2. The third-order valence-electron chi connectivity index (χ3n) is 5.12. The molecule has 0 bridgehead atoms. The normalized spacial score (nSPS) is 13.9. The van der Waals surface area contributed by atoms with Crippen molar-refractivity contribution in [2.75, 3.05) is 24.6 Å². The lowest BCUT2D eigenvalue weighted by Crippen LogP contribution is -2.38. The monoisotopic (exact) mass is 444 g/mol. The van der Waals surface area contributed by atoms with Gasteiger partial charge in [0.1, 0.15) is 12.2 Å². The van der Waals surface area contributed by atoms with Crippen LogP contribution >= 0.6 is 11.6 Å². The molecule has 7 heteroatoms. The van der Waals surface area contributed by atoms with Gasteiger partial charge in [-0.1, -0.05) is 29.8 Å². The van der Waals surface area contributed by atoms with Crippen molar-refractivity contribution in [1.82, 2.24) is 4.90 Å². The van der Waals surface area contributed by atoms with E-state index in [4.69, 9.17) is 16.3 Å². The van der Waals surface area contributed by atoms with Crippen LogP contribution in [0.1, 0.15) is 37.5 Å². The van der Waals surface area contributed by atoms with Gasteiger partial charge >= 0.3 is 6.09 Å². The van der Waals surface area contributed by atoms with Gasteiger partial charge in [-0.05, 0) is 74.6 Å². The standard InChI is InChI=1S/C24H29ClN2O4/c1-24(2,3)31-23(30)26-11-9-18-7-8-21(14-19(18)10-12-26)27(22(29)16-28)15-17-5-4-6-20(25)13-17/h4-8,13-14,28H,9-12,15-16H2,1-3H3. The van der Waals surface area contributed by atoms with Crippen molar-refractivity contribution in [3.8, 4) is 0 Å². The van der Waals surface area contributed by atoms with Crippen LogP contribution in [-0.2, 0) is 28.9 Å². The molecule has 0 unspecified atom stereocenters. The van der Waals surface area contributed by atoms with Crippen molar-refractivity contribution < 1.29 is 19.4 Å². The number of benzene rings is 2. The van der Waals surface area contributed by atoms with Crippen molar-refractivity contribution in [2.45, 2.75) is 45.8 Å². The molecule has 1 N–H and O–H groups in total. The molecule has 0 radical (unpaired) electrons. The van der Waals surface area contributed by atoms with Crippen LogP contribution in [-0.4, -0.2) is 47.3 Å². The molecule has 1 aliphatic heterocycles. The first-order valence-corrected chi connectivity index (χ1v) is 10.8. The Balaban J connectivity index is 1.80. The molecule has 0 aliphatic carbocycles. The number of ether oxygens (including phenoxy) is 1. The van der Waals surface area contributed by atoms with Crippen LogP contribution in [0.3, 0.4) is 0 Å². The number of anilines is 1. The molecule has 0 atom stereocenters. The fourth-order valence-electron chi connectivity index (χ4n) is 3.62. The number of nitrogens with zero attached hydrogens (tertiary/aromatic N) is 2. The predicted molar refractivity (Wildman–Crippen MR) is 121 cm³/mol. The van der Waals surface area contributed by atoms with Gasteiger partial charge in [0.2, 0.25) is 0 Å². The zero-order chi connectivity index (χ0) is 22.6. The van der Waals surface area contributed by atoms with Crippen LogP contribution in [0.15, 0.2) is 42.5 Å². The molecule has 0 saturated carbocycles. The van der Waals surface area contributed by atoms with Crippen molar-refractivity contribution in [1.29, 1.82) is 0 Å². The summed E-state index contributed by atoms with van der Waals surface area (Å²) in [5.41, 5.74) is 3.29. The molecule has 166 valence electrons. The Hall–Kier alpha value is -2.57. The fourth-order valence-corrected chi connectivity index (χ4v) is 3.83. The molecule has 1 heterocycles. The largest absolute Gasteiger partial charge is 0.444 e. The topological polar surface area (TPSA) is 70.1 Å². The SMILES string of the molecule is CC(C)(C)OC(=O)N1CCc2ccc(N(Cc3cccc(Cl)c3)C(=O)CO)cc2CC1. The van der Waals surface area contributed by atoms with Gasteiger partial charge in [0.05, 0.1) is 6.54 Å². The summed E-state index contributed by atoms with van der Waals surface area (Å²) >= 11 is 6.08. The van der Waals surface area contributed by atoms with Gasteiger partial charge in [0, 0.05) is 23.8 Å². The summed E-state index contributed by atoms with van der Waals surface area (Å²) < 4.78 is 5.51. The number of hydrogen-bond acceptors (Lipinski definition) is 4. The zero-order valence-electron chi connectivity index (χ0n) is 18.2. The van der Waals surface area contributed by atoms with E-state index in [1.54, 1.807) is 21.9 Å². The van der Waals surface area contributed by atoms with Gasteiger partial charge in [0.25, 0.3) is 5.91 Å². The summed E-state index contributed by atoms with van der Waals surface area (Å²) in [6.07, 6.45) is 1.08. The first kappa shape index (κ1) is 23.1. The van der Waals surface area contributed by atoms with Crippen LogP contribution in [0, 0.1) is 0 Å². The Morgan fingerprint density at radius 3 is 2.45 bits per heavy atom. The summed E-state index contributed by atoms with van der Waals surface area (Å²) in [7, 11) is 0. The second kappa shape index (κ2) is 9.71. The number of carbonyl (C=O) groups is 2. The van der Waals surface area contributed by atoms with Crippen LogP contribution in [0.4, 0.5) is 10.5 Å². The summed E-state index contributed by atoms with van der Waals surface area (Å²) in [4.78, 5) is 28.2. The average molecular weight is 445 g/mol. The maximum absolute atomic E-state index is 12.5. The Bertz CT molecular complexity index is 955. The minimum atomic E-state index is -0.579. The van der Waals surface area contributed by atoms with Gasteiger partial charge in [0.15, 0.2) is 0 Å². The molecular weight excluding hydrogens is 416 g/mol. The number of carbonyl (C=O) groups excluding carboxylic acids is 2. The maximum atomic E-state index is 12.5. The van der Waals surface area contributed by atoms with Crippen molar-refractivity contribution in [2.24, 2.45) is 0 Å². The highest BCUT2D eigenvalue weighted by Crippen LogP contribution is 2.26. The smallest absolute Gasteiger partial charge is 0.410 e. The Labute approximate surface area is 188 Å². The lowest BCUT2D eigenvalue weighted by molar-refractivity contribution is -0.121. The summed E-state index contributed by atoms with van der Waals surface area (Å²) in [6.45, 7) is 6.44. The minimum Gasteiger partial charge on any atom is -0.444 e. The number of fused-ring (bicyclic) bond motifs is 1. The lowest BCUT2D eigenvalue weighted by Gasteiger charge is -2.26. The molecule has 31 heavy (non-hydrogen) atoms. The first-order chi connectivity index (χ1) is 14.7. The fraction of sp³-hybridized carbons (Fsp3) is 0.417. The molecule has 1 aliphatic rings. The highest BCUT2D eigenvalue weighted by atomic mass is 35.5. The Morgan fingerprint density at radius 1 is 1.10 bits per heavy atom. The number of aliphatic hydroxyl groups is 1. The predicted octanol–water partition coefficient (Wildman–Crippen LogP) is 4.20. The Morgan fingerprint density at radius 2 is 1.81 bits per heavy atom. The van der Waals surface area contributed by atoms with Gasteiger partial charge < -0.3 is 19.6 Å². The van der Waals surface area contributed by atoms with Gasteiger partial charge in [-0.25, -0.2) is 4.79 Å². The molecule has 2 aromatic rings. The minimum absolute atomic E-state index is 0.307. The molecular formula is C24H29ClN2O4. The molecule has 2 aromatic carbocycles. The van der Waals surface area contributed by atoms with Gasteiger partial charge in [-0.15, -0.1) is 0 Å². The highest BCUT2D eigenvalue weighted by molar-refractivity contribution is 6.30. The number of hydrogen-bond donors (Lipinski definition) is 1. The number of aliphatic hydroxyl groups excluding tert-OH is 1. The number of rotatable bonds is 4. The first-order valence-electron chi connectivity index (χ1n) is 10.4. The summed E-state index contributed by atoms with van der Waals surface area (Å²) in [6, 6.07) is 13.2. The maximum Gasteiger partial charge on any atom is 0.410 e. The average Bonchev–Trinajstić information content (AvgIpc) is 2.92. The van der Waals surface area contributed by atoms with Crippen LogP contribution in [0.2, 0.25) is 5.02 Å². The molecule has 0 aromatic heterocycles. The molecule has 2 amide bonds. The van der Waals surface area contributed by atoms with E-state index >= 15 is 0 Å². The van der Waals surface area contributed by atoms with E-state index in [0.717, 1.165) is 23.1 Å². The molecule has 0 fully saturated rings. The van der Waals surface area contributed by atoms with Gasteiger partial charge in [-0.3, -0.25) is 4.79 Å². The number of halogens is 1. The third kappa shape index (κ3) is 6.21. The van der Waals surface area contributed by atoms with E-state index in [1.165, 1.54) is 0 Å². The summed E-state index contributed by atoms with van der Waals surface area (Å²) in [5, 5.41) is 10.1. The van der Waals surface area contributed by atoms with Crippen LogP contribution in [0.5, 0.6) is 0 Å². The molecule has 3 rings (SSSR count). The van der Waals surface area contributed by atoms with E-state index in [1.807, 2.05) is 51.1 Å². The van der Waals surface area contributed by atoms with Crippen LogP contribution in [0.25, 0.3) is 0 Å². The molecule has 6 nitrogen and oxygen atoms in total. The lowest BCUT2D eigenvalue weighted by atomic mass is 10.0. The van der Waals surface area contributed by atoms with E-state index in [0.29, 0.717) is 36.8 Å². The van der Waals surface area contributed by atoms with Crippen molar-refractivity contribution >= 4 is 29.3 Å². The van der Waals surface area contributed by atoms with E-state index in [-0.39, 0.29) is 12.0 Å².